The van der Waals surface area contributed by atoms with Crippen molar-refractivity contribution < 1.29 is 5.11 Å². The Kier molecular flexibility index (Phi) is 5.21. The molecule has 0 spiro atoms. The number of anilines is 1. The van der Waals surface area contributed by atoms with Crippen LogP contribution in [-0.2, 0) is 0 Å². The molecule has 0 saturated heterocycles. The number of rotatable bonds is 3. The van der Waals surface area contributed by atoms with Gasteiger partial charge >= 0.3 is 0 Å². The third kappa shape index (κ3) is 2.96. The van der Waals surface area contributed by atoms with Gasteiger partial charge in [-0.25, -0.2) is 0 Å². The van der Waals surface area contributed by atoms with Crippen LogP contribution in [0.15, 0.2) is 18.5 Å². The minimum atomic E-state index is 0. The summed E-state index contributed by atoms with van der Waals surface area (Å²) in [5.74, 6) is 0.209. The number of pyridine rings is 1. The zero-order chi connectivity index (χ0) is 8.10. The zero-order valence-electron chi connectivity index (χ0n) is 6.95. The number of nitrogens with zero attached hydrogens (tertiary/aromatic N) is 1. The molecule has 0 radical (unpaired) electrons. The number of halogens is 1. The molecular formula is C8H13ClN2O. The molecule has 0 aliphatic rings. The van der Waals surface area contributed by atoms with Gasteiger partial charge in [-0.15, -0.1) is 12.4 Å². The van der Waals surface area contributed by atoms with Gasteiger partial charge in [0.2, 0.25) is 0 Å². The monoisotopic (exact) mass is 188 g/mol. The van der Waals surface area contributed by atoms with Crippen molar-refractivity contribution in [3.05, 3.63) is 18.5 Å². The lowest BCUT2D eigenvalue weighted by molar-refractivity contribution is 0.474. The van der Waals surface area contributed by atoms with Crippen molar-refractivity contribution in [2.24, 2.45) is 0 Å². The average molecular weight is 189 g/mol. The highest BCUT2D eigenvalue weighted by Gasteiger charge is 1.95. The van der Waals surface area contributed by atoms with Crippen molar-refractivity contribution in [1.29, 1.82) is 0 Å². The Balaban J connectivity index is 0.00000121. The summed E-state index contributed by atoms with van der Waals surface area (Å²) in [4.78, 5) is 3.76. The molecule has 0 unspecified atom stereocenters. The second-order valence-corrected chi connectivity index (χ2v) is 2.32. The van der Waals surface area contributed by atoms with E-state index < -0.39 is 0 Å². The number of aromatic hydroxyl groups is 1. The van der Waals surface area contributed by atoms with E-state index in [4.69, 9.17) is 0 Å². The molecule has 0 atom stereocenters. The van der Waals surface area contributed by atoms with Gasteiger partial charge in [0.05, 0.1) is 11.9 Å². The Morgan fingerprint density at radius 2 is 2.33 bits per heavy atom. The molecule has 0 saturated carbocycles. The van der Waals surface area contributed by atoms with Gasteiger partial charge in [-0.2, -0.15) is 0 Å². The van der Waals surface area contributed by atoms with Gasteiger partial charge in [0.25, 0.3) is 0 Å². The van der Waals surface area contributed by atoms with E-state index in [0.29, 0.717) is 0 Å². The normalized spacial score (nSPS) is 8.75. The molecular weight excluding hydrogens is 176 g/mol. The van der Waals surface area contributed by atoms with E-state index >= 15 is 0 Å². The first-order valence-corrected chi connectivity index (χ1v) is 3.71. The van der Waals surface area contributed by atoms with E-state index in [1.807, 2.05) is 0 Å². The molecule has 0 fully saturated rings. The maximum Gasteiger partial charge on any atom is 0.157 e. The van der Waals surface area contributed by atoms with Crippen molar-refractivity contribution in [1.82, 2.24) is 4.98 Å². The lowest BCUT2D eigenvalue weighted by Gasteiger charge is -2.04. The molecule has 0 aromatic carbocycles. The van der Waals surface area contributed by atoms with Crippen molar-refractivity contribution in [2.45, 2.75) is 13.3 Å². The SMILES string of the molecule is CCCNc1ccncc1O.Cl. The van der Waals surface area contributed by atoms with Gasteiger partial charge in [-0.1, -0.05) is 6.92 Å². The molecule has 68 valence electrons. The smallest absolute Gasteiger partial charge is 0.157 e. The summed E-state index contributed by atoms with van der Waals surface area (Å²) in [6.07, 6.45) is 4.12. The predicted octanol–water partition coefficient (Wildman–Crippen LogP) is 2.03. The highest BCUT2D eigenvalue weighted by molar-refractivity contribution is 5.85. The standard InChI is InChI=1S/C8H12N2O.ClH/c1-2-4-10-7-3-5-9-6-8(7)11;/h3,5-6,11H,2,4H2,1H3,(H,9,10);1H. The van der Waals surface area contributed by atoms with Gasteiger partial charge in [0, 0.05) is 12.7 Å². The fourth-order valence-corrected chi connectivity index (χ4v) is 0.795. The van der Waals surface area contributed by atoms with Gasteiger partial charge in [-0.3, -0.25) is 4.98 Å². The van der Waals surface area contributed by atoms with Crippen LogP contribution < -0.4 is 5.32 Å². The van der Waals surface area contributed by atoms with Crippen molar-refractivity contribution >= 4 is 18.1 Å². The van der Waals surface area contributed by atoms with Gasteiger partial charge < -0.3 is 10.4 Å². The maximum absolute atomic E-state index is 9.21. The van der Waals surface area contributed by atoms with Crippen LogP contribution in [-0.4, -0.2) is 16.6 Å². The quantitative estimate of drug-likeness (QED) is 0.763. The van der Waals surface area contributed by atoms with Crippen LogP contribution in [0.5, 0.6) is 5.75 Å². The number of aromatic nitrogens is 1. The largest absolute Gasteiger partial charge is 0.504 e. The predicted molar refractivity (Wildman–Crippen MR) is 51.9 cm³/mol. The van der Waals surface area contributed by atoms with Crippen LogP contribution in [0, 0.1) is 0 Å². The van der Waals surface area contributed by atoms with Crippen LogP contribution in [0.25, 0.3) is 0 Å². The Hall–Kier alpha value is -0.960. The second-order valence-electron chi connectivity index (χ2n) is 2.32. The molecule has 12 heavy (non-hydrogen) atoms. The summed E-state index contributed by atoms with van der Waals surface area (Å²) in [6.45, 7) is 2.95. The molecule has 1 heterocycles. The first-order valence-electron chi connectivity index (χ1n) is 3.71. The third-order valence-electron chi connectivity index (χ3n) is 1.37. The molecule has 0 aliphatic heterocycles. The van der Waals surface area contributed by atoms with Crippen LogP contribution >= 0.6 is 12.4 Å². The van der Waals surface area contributed by atoms with Crippen LogP contribution in [0.1, 0.15) is 13.3 Å². The summed E-state index contributed by atoms with van der Waals surface area (Å²) in [6, 6.07) is 1.75. The molecule has 3 nitrogen and oxygen atoms in total. The molecule has 4 heteroatoms. The molecule has 1 rings (SSSR count). The number of hydrogen-bond donors (Lipinski definition) is 2. The highest BCUT2D eigenvalue weighted by Crippen LogP contribution is 2.19. The van der Waals surface area contributed by atoms with E-state index in [9.17, 15) is 5.11 Å². The molecule has 1 aromatic heterocycles. The fourth-order valence-electron chi connectivity index (χ4n) is 0.795. The van der Waals surface area contributed by atoms with Crippen LogP contribution in [0.2, 0.25) is 0 Å². The number of nitrogens with one attached hydrogen (secondary N) is 1. The third-order valence-corrected chi connectivity index (χ3v) is 1.37. The van der Waals surface area contributed by atoms with Crippen molar-refractivity contribution in [2.75, 3.05) is 11.9 Å². The van der Waals surface area contributed by atoms with E-state index in [2.05, 4.69) is 17.2 Å². The summed E-state index contributed by atoms with van der Waals surface area (Å²) in [5.41, 5.74) is 0.752. The topological polar surface area (TPSA) is 45.2 Å². The Morgan fingerprint density at radius 3 is 2.92 bits per heavy atom. The van der Waals surface area contributed by atoms with Crippen molar-refractivity contribution in [3.63, 3.8) is 0 Å². The minimum Gasteiger partial charge on any atom is -0.504 e. The van der Waals surface area contributed by atoms with Gasteiger partial charge in [0.1, 0.15) is 0 Å². The molecule has 2 N–H and O–H groups in total. The van der Waals surface area contributed by atoms with Crippen LogP contribution in [0.3, 0.4) is 0 Å². The fraction of sp³-hybridized carbons (Fsp3) is 0.375. The maximum atomic E-state index is 9.21. The Labute approximate surface area is 78.2 Å². The summed E-state index contributed by atoms with van der Waals surface area (Å²) in [7, 11) is 0. The molecule has 1 aromatic rings. The second kappa shape index (κ2) is 5.66. The minimum absolute atomic E-state index is 0. The lowest BCUT2D eigenvalue weighted by Crippen LogP contribution is -1.99. The molecule has 0 aliphatic carbocycles. The number of hydrogen-bond acceptors (Lipinski definition) is 3. The molecule has 0 bridgehead atoms. The Morgan fingerprint density at radius 1 is 1.58 bits per heavy atom. The van der Waals surface area contributed by atoms with E-state index in [1.165, 1.54) is 6.20 Å². The summed E-state index contributed by atoms with van der Waals surface area (Å²) >= 11 is 0. The summed E-state index contributed by atoms with van der Waals surface area (Å²) in [5, 5.41) is 12.3. The van der Waals surface area contributed by atoms with Crippen molar-refractivity contribution in [3.8, 4) is 5.75 Å². The van der Waals surface area contributed by atoms with Gasteiger partial charge in [0.15, 0.2) is 5.75 Å². The first kappa shape index (κ1) is 11.0. The van der Waals surface area contributed by atoms with E-state index in [0.717, 1.165) is 18.7 Å². The highest BCUT2D eigenvalue weighted by atomic mass is 35.5. The summed E-state index contributed by atoms with van der Waals surface area (Å²) < 4.78 is 0. The Bertz CT molecular complexity index is 230. The van der Waals surface area contributed by atoms with E-state index in [1.54, 1.807) is 12.3 Å². The lowest BCUT2D eigenvalue weighted by atomic mass is 10.3. The molecule has 0 amide bonds. The first-order chi connectivity index (χ1) is 5.34. The van der Waals surface area contributed by atoms with Crippen LogP contribution in [0.4, 0.5) is 5.69 Å². The average Bonchev–Trinajstić information content (AvgIpc) is 2.03. The van der Waals surface area contributed by atoms with E-state index in [-0.39, 0.29) is 18.2 Å². The van der Waals surface area contributed by atoms with Gasteiger partial charge in [-0.05, 0) is 12.5 Å². The zero-order valence-corrected chi connectivity index (χ0v) is 7.77.